The third-order valence-electron chi connectivity index (χ3n) is 2.22. The van der Waals surface area contributed by atoms with Crippen LogP contribution in [0.4, 0.5) is 5.13 Å². The molecule has 0 aliphatic carbocycles. The maximum Gasteiger partial charge on any atom is 0.316 e. The van der Waals surface area contributed by atoms with Crippen LogP contribution >= 0.6 is 23.1 Å². The first-order valence-corrected chi connectivity index (χ1v) is 8.91. The first-order chi connectivity index (χ1) is 10.0. The lowest BCUT2D eigenvalue weighted by Crippen LogP contribution is -2.12. The summed E-state index contributed by atoms with van der Waals surface area (Å²) in [5.41, 5.74) is 0. The molecule has 21 heavy (non-hydrogen) atoms. The van der Waals surface area contributed by atoms with Gasteiger partial charge in [-0.3, -0.25) is 9.52 Å². The second-order valence-corrected chi connectivity index (χ2v) is 7.54. The number of sulfonamides is 1. The molecule has 1 aromatic heterocycles. The second kappa shape index (κ2) is 6.87. The Morgan fingerprint density at radius 1 is 1.33 bits per heavy atom. The Balaban J connectivity index is 2.04. The quantitative estimate of drug-likeness (QED) is 0.627. The summed E-state index contributed by atoms with van der Waals surface area (Å²) in [5.74, 6) is -0.294. The molecule has 0 saturated heterocycles. The van der Waals surface area contributed by atoms with E-state index in [9.17, 15) is 13.2 Å². The van der Waals surface area contributed by atoms with E-state index in [1.807, 2.05) is 0 Å². The molecule has 0 fully saturated rings. The molecule has 0 radical (unpaired) electrons. The number of aromatic nitrogens is 2. The van der Waals surface area contributed by atoms with Gasteiger partial charge in [-0.2, -0.15) is 0 Å². The molecule has 0 spiro atoms. The monoisotopic (exact) mass is 345 g/mol. The highest BCUT2D eigenvalue weighted by Gasteiger charge is 2.16. The van der Waals surface area contributed by atoms with Crippen LogP contribution in [0.2, 0.25) is 0 Å². The molecule has 7 nitrogen and oxygen atoms in total. The predicted molar refractivity (Wildman–Crippen MR) is 79.9 cm³/mol. The summed E-state index contributed by atoms with van der Waals surface area (Å²) in [5, 5.41) is 7.68. The molecule has 2 rings (SSSR count). The van der Waals surface area contributed by atoms with Crippen molar-refractivity contribution in [2.24, 2.45) is 0 Å². The zero-order valence-electron chi connectivity index (χ0n) is 10.8. The summed E-state index contributed by atoms with van der Waals surface area (Å²) < 4.78 is 31.5. The molecule has 2 aromatic rings. The minimum atomic E-state index is -3.68. The normalized spacial score (nSPS) is 11.1. The standard InChI is InChI=1S/C11H11N3O4S3/c1-18-9(15)7-19-11-13-12-10(20-11)14-21(16,17)8-5-3-2-4-6-8/h2-6H,7H2,1H3,(H,12,14). The Kier molecular flexibility index (Phi) is 5.15. The molecule has 0 bridgehead atoms. The van der Waals surface area contributed by atoms with Crippen LogP contribution in [0.1, 0.15) is 0 Å². The van der Waals surface area contributed by atoms with Crippen LogP contribution in [0.5, 0.6) is 0 Å². The van der Waals surface area contributed by atoms with Gasteiger partial charge in [-0.05, 0) is 12.1 Å². The molecule has 0 unspecified atom stereocenters. The fraction of sp³-hybridized carbons (Fsp3) is 0.182. The molecular formula is C11H11N3O4S3. The summed E-state index contributed by atoms with van der Waals surface area (Å²) >= 11 is 2.18. The Hall–Kier alpha value is -1.65. The first kappa shape index (κ1) is 15.7. The van der Waals surface area contributed by atoms with Crippen molar-refractivity contribution in [1.29, 1.82) is 0 Å². The summed E-state index contributed by atoms with van der Waals surface area (Å²) in [6, 6.07) is 7.96. The van der Waals surface area contributed by atoms with Crippen LogP contribution in [-0.2, 0) is 19.6 Å². The van der Waals surface area contributed by atoms with Gasteiger partial charge in [-0.25, -0.2) is 8.42 Å². The van der Waals surface area contributed by atoms with Gasteiger partial charge in [-0.1, -0.05) is 41.3 Å². The lowest BCUT2D eigenvalue weighted by atomic mass is 10.4. The SMILES string of the molecule is COC(=O)CSc1nnc(NS(=O)(=O)c2ccccc2)s1. The number of esters is 1. The molecule has 0 amide bonds. The van der Waals surface area contributed by atoms with E-state index in [4.69, 9.17) is 0 Å². The fourth-order valence-corrected chi connectivity index (χ4v) is 4.10. The summed E-state index contributed by atoms with van der Waals surface area (Å²) in [6.45, 7) is 0. The highest BCUT2D eigenvalue weighted by atomic mass is 32.2. The molecule has 0 saturated carbocycles. The highest BCUT2D eigenvalue weighted by molar-refractivity contribution is 8.01. The summed E-state index contributed by atoms with van der Waals surface area (Å²) in [6.07, 6.45) is 0. The number of hydrogen-bond donors (Lipinski definition) is 1. The van der Waals surface area contributed by atoms with Gasteiger partial charge >= 0.3 is 5.97 Å². The van der Waals surface area contributed by atoms with Gasteiger partial charge < -0.3 is 4.74 Å². The highest BCUT2D eigenvalue weighted by Crippen LogP contribution is 2.27. The van der Waals surface area contributed by atoms with Gasteiger partial charge in [0.2, 0.25) is 5.13 Å². The number of nitrogens with zero attached hydrogens (tertiary/aromatic N) is 2. The zero-order chi connectivity index (χ0) is 15.3. The average Bonchev–Trinajstić information content (AvgIpc) is 2.92. The van der Waals surface area contributed by atoms with Crippen molar-refractivity contribution in [3.63, 3.8) is 0 Å². The van der Waals surface area contributed by atoms with Crippen molar-refractivity contribution in [3.8, 4) is 0 Å². The smallest absolute Gasteiger partial charge is 0.316 e. The van der Waals surface area contributed by atoms with Crippen molar-refractivity contribution in [2.75, 3.05) is 17.6 Å². The molecule has 0 atom stereocenters. The molecule has 10 heteroatoms. The summed E-state index contributed by atoms with van der Waals surface area (Å²) in [4.78, 5) is 11.2. The zero-order valence-corrected chi connectivity index (χ0v) is 13.3. The van der Waals surface area contributed by atoms with E-state index in [1.165, 1.54) is 19.2 Å². The van der Waals surface area contributed by atoms with Crippen molar-refractivity contribution in [1.82, 2.24) is 10.2 Å². The Bertz CT molecular complexity index is 715. The number of rotatable bonds is 6. The number of benzene rings is 1. The number of ether oxygens (including phenoxy) is 1. The third kappa shape index (κ3) is 4.41. The molecular weight excluding hydrogens is 334 g/mol. The van der Waals surface area contributed by atoms with Gasteiger partial charge in [0.1, 0.15) is 0 Å². The van der Waals surface area contributed by atoms with Gasteiger partial charge in [0.05, 0.1) is 17.8 Å². The van der Waals surface area contributed by atoms with Crippen LogP contribution in [0.3, 0.4) is 0 Å². The van der Waals surface area contributed by atoms with Gasteiger partial charge in [0.15, 0.2) is 4.34 Å². The van der Waals surface area contributed by atoms with Crippen molar-refractivity contribution >= 4 is 44.2 Å². The van der Waals surface area contributed by atoms with Gasteiger partial charge in [0.25, 0.3) is 10.0 Å². The fourth-order valence-electron chi connectivity index (χ4n) is 1.26. The minimum absolute atomic E-state index is 0.0938. The van der Waals surface area contributed by atoms with E-state index in [-0.39, 0.29) is 21.7 Å². The Morgan fingerprint density at radius 3 is 2.71 bits per heavy atom. The van der Waals surface area contributed by atoms with Crippen molar-refractivity contribution < 1.29 is 17.9 Å². The molecule has 0 aliphatic heterocycles. The molecule has 1 heterocycles. The molecule has 112 valence electrons. The van der Waals surface area contributed by atoms with E-state index in [2.05, 4.69) is 19.7 Å². The topological polar surface area (TPSA) is 98.2 Å². The molecule has 1 aromatic carbocycles. The number of thioether (sulfide) groups is 1. The summed E-state index contributed by atoms with van der Waals surface area (Å²) in [7, 11) is -2.38. The number of methoxy groups -OCH3 is 1. The first-order valence-electron chi connectivity index (χ1n) is 5.62. The minimum Gasteiger partial charge on any atom is -0.468 e. The number of hydrogen-bond acceptors (Lipinski definition) is 8. The predicted octanol–water partition coefficient (Wildman–Crippen LogP) is 1.60. The third-order valence-corrected chi connectivity index (χ3v) is 5.65. The van der Waals surface area contributed by atoms with Crippen LogP contribution < -0.4 is 4.72 Å². The average molecular weight is 345 g/mol. The van der Waals surface area contributed by atoms with E-state index in [1.54, 1.807) is 18.2 Å². The number of carbonyl (C=O) groups is 1. The lowest BCUT2D eigenvalue weighted by Gasteiger charge is -2.03. The van der Waals surface area contributed by atoms with E-state index < -0.39 is 10.0 Å². The second-order valence-electron chi connectivity index (χ2n) is 3.66. The van der Waals surface area contributed by atoms with E-state index >= 15 is 0 Å². The van der Waals surface area contributed by atoms with E-state index in [0.717, 1.165) is 23.1 Å². The van der Waals surface area contributed by atoms with Crippen LogP contribution in [0.25, 0.3) is 0 Å². The molecule has 1 N–H and O–H groups in total. The molecule has 0 aliphatic rings. The maximum atomic E-state index is 12.1. The van der Waals surface area contributed by atoms with Crippen molar-refractivity contribution in [2.45, 2.75) is 9.24 Å². The van der Waals surface area contributed by atoms with E-state index in [0.29, 0.717) is 4.34 Å². The van der Waals surface area contributed by atoms with Gasteiger partial charge in [-0.15, -0.1) is 10.2 Å². The van der Waals surface area contributed by atoms with Crippen molar-refractivity contribution in [3.05, 3.63) is 30.3 Å². The number of carbonyl (C=O) groups excluding carboxylic acids is 1. The lowest BCUT2D eigenvalue weighted by molar-refractivity contribution is -0.137. The largest absolute Gasteiger partial charge is 0.468 e. The van der Waals surface area contributed by atoms with Crippen LogP contribution in [-0.4, -0.2) is 37.4 Å². The van der Waals surface area contributed by atoms with Gasteiger partial charge in [0, 0.05) is 0 Å². The Labute approximate surface area is 129 Å². The number of nitrogens with one attached hydrogen (secondary N) is 1. The Morgan fingerprint density at radius 2 is 2.05 bits per heavy atom. The van der Waals surface area contributed by atoms with Crippen LogP contribution in [0.15, 0.2) is 39.6 Å². The van der Waals surface area contributed by atoms with Crippen LogP contribution in [0, 0.1) is 0 Å². The number of anilines is 1. The maximum absolute atomic E-state index is 12.1.